The lowest BCUT2D eigenvalue weighted by molar-refractivity contribution is 0.477. The van der Waals surface area contributed by atoms with Crippen molar-refractivity contribution < 1.29 is 5.11 Å². The van der Waals surface area contributed by atoms with Gasteiger partial charge in [0.15, 0.2) is 0 Å². The molecule has 1 saturated heterocycles. The van der Waals surface area contributed by atoms with E-state index in [1.807, 2.05) is 30.3 Å². The predicted molar refractivity (Wildman–Crippen MR) is 70.5 cm³/mol. The first-order valence-corrected chi connectivity index (χ1v) is 6.02. The predicted octanol–water partition coefficient (Wildman–Crippen LogP) is 2.32. The molecule has 2 aromatic carbocycles. The minimum Gasteiger partial charge on any atom is -0.506 e. The van der Waals surface area contributed by atoms with Crippen LogP contribution in [-0.2, 0) is 0 Å². The van der Waals surface area contributed by atoms with E-state index in [1.54, 1.807) is 0 Å². The molecule has 0 saturated carbocycles. The van der Waals surface area contributed by atoms with Gasteiger partial charge >= 0.3 is 0 Å². The molecule has 3 nitrogen and oxygen atoms in total. The fourth-order valence-electron chi connectivity index (χ4n) is 2.34. The number of phenols is 1. The Morgan fingerprint density at radius 3 is 2.65 bits per heavy atom. The molecule has 0 spiro atoms. The molecule has 3 heteroatoms. The van der Waals surface area contributed by atoms with Crippen LogP contribution >= 0.6 is 0 Å². The number of hydrogen-bond donors (Lipinski definition) is 3. The van der Waals surface area contributed by atoms with Gasteiger partial charge in [-0.1, -0.05) is 24.3 Å². The minimum atomic E-state index is 0.329. The van der Waals surface area contributed by atoms with Crippen LogP contribution < -0.4 is 10.6 Å². The molecule has 0 amide bonds. The second-order valence-electron chi connectivity index (χ2n) is 4.55. The van der Waals surface area contributed by atoms with E-state index in [9.17, 15) is 5.11 Å². The van der Waals surface area contributed by atoms with Crippen LogP contribution in [0.25, 0.3) is 10.8 Å². The Hall–Kier alpha value is -1.74. The highest BCUT2D eigenvalue weighted by Crippen LogP contribution is 2.30. The van der Waals surface area contributed by atoms with Gasteiger partial charge in [0.05, 0.1) is 5.69 Å². The number of benzene rings is 2. The van der Waals surface area contributed by atoms with E-state index in [0.717, 1.165) is 36.0 Å². The molecule has 1 aliphatic heterocycles. The molecule has 3 rings (SSSR count). The minimum absolute atomic E-state index is 0.329. The summed E-state index contributed by atoms with van der Waals surface area (Å²) >= 11 is 0. The SMILES string of the molecule is Oc1cc2ccccc2cc1NC1CCNC1. The number of anilines is 1. The molecule has 0 radical (unpaired) electrons. The third kappa shape index (κ3) is 2.06. The third-order valence-corrected chi connectivity index (χ3v) is 3.28. The molecule has 1 unspecified atom stereocenters. The Kier molecular flexibility index (Phi) is 2.61. The van der Waals surface area contributed by atoms with Crippen LogP contribution in [0, 0.1) is 0 Å². The standard InChI is InChI=1S/C14H16N2O/c17-14-8-11-4-2-1-3-10(11)7-13(14)16-12-5-6-15-9-12/h1-4,7-8,12,15-17H,5-6,9H2. The van der Waals surface area contributed by atoms with E-state index in [4.69, 9.17) is 0 Å². The van der Waals surface area contributed by atoms with Crippen molar-refractivity contribution in [3.05, 3.63) is 36.4 Å². The molecule has 1 aliphatic rings. The van der Waals surface area contributed by atoms with Crippen LogP contribution in [0.4, 0.5) is 5.69 Å². The van der Waals surface area contributed by atoms with Crippen molar-refractivity contribution in [2.24, 2.45) is 0 Å². The summed E-state index contributed by atoms with van der Waals surface area (Å²) in [6.45, 7) is 2.01. The zero-order chi connectivity index (χ0) is 11.7. The van der Waals surface area contributed by atoms with Gasteiger partial charge in [0.2, 0.25) is 0 Å². The van der Waals surface area contributed by atoms with Gasteiger partial charge in [-0.05, 0) is 35.9 Å². The maximum absolute atomic E-state index is 9.99. The Bertz CT molecular complexity index is 533. The number of nitrogens with one attached hydrogen (secondary N) is 2. The average Bonchev–Trinajstić information content (AvgIpc) is 2.83. The molecule has 0 bridgehead atoms. The molecular weight excluding hydrogens is 212 g/mol. The second kappa shape index (κ2) is 4.26. The smallest absolute Gasteiger partial charge is 0.139 e. The highest BCUT2D eigenvalue weighted by molar-refractivity contribution is 5.88. The zero-order valence-electron chi connectivity index (χ0n) is 9.61. The van der Waals surface area contributed by atoms with Gasteiger partial charge < -0.3 is 15.7 Å². The molecule has 1 atom stereocenters. The normalized spacial score (nSPS) is 19.6. The number of fused-ring (bicyclic) bond motifs is 1. The summed E-state index contributed by atoms with van der Waals surface area (Å²) in [5, 5.41) is 18.9. The van der Waals surface area contributed by atoms with Crippen LogP contribution in [0.1, 0.15) is 6.42 Å². The third-order valence-electron chi connectivity index (χ3n) is 3.28. The first kappa shape index (κ1) is 10.4. The topological polar surface area (TPSA) is 44.3 Å². The van der Waals surface area contributed by atoms with Crippen LogP contribution in [0.15, 0.2) is 36.4 Å². The van der Waals surface area contributed by atoms with Gasteiger partial charge in [0.25, 0.3) is 0 Å². The summed E-state index contributed by atoms with van der Waals surface area (Å²) in [7, 11) is 0. The molecule has 3 N–H and O–H groups in total. The lowest BCUT2D eigenvalue weighted by Crippen LogP contribution is -2.22. The summed E-state index contributed by atoms with van der Waals surface area (Å²) in [6, 6.07) is 12.3. The summed E-state index contributed by atoms with van der Waals surface area (Å²) in [5.74, 6) is 0.329. The number of hydrogen-bond acceptors (Lipinski definition) is 3. The van der Waals surface area contributed by atoms with Crippen molar-refractivity contribution >= 4 is 16.5 Å². The molecule has 2 aromatic rings. The van der Waals surface area contributed by atoms with E-state index in [1.165, 1.54) is 0 Å². The van der Waals surface area contributed by atoms with E-state index < -0.39 is 0 Å². The van der Waals surface area contributed by atoms with Crippen molar-refractivity contribution in [2.75, 3.05) is 18.4 Å². The summed E-state index contributed by atoms with van der Waals surface area (Å²) in [6.07, 6.45) is 1.10. The van der Waals surface area contributed by atoms with Crippen molar-refractivity contribution in [1.29, 1.82) is 0 Å². The summed E-state index contributed by atoms with van der Waals surface area (Å²) in [5.41, 5.74) is 0.831. The largest absolute Gasteiger partial charge is 0.506 e. The lowest BCUT2D eigenvalue weighted by Gasteiger charge is -2.15. The van der Waals surface area contributed by atoms with Crippen LogP contribution in [0.5, 0.6) is 5.75 Å². The number of rotatable bonds is 2. The quantitative estimate of drug-likeness (QED) is 0.691. The Morgan fingerprint density at radius 1 is 1.18 bits per heavy atom. The maximum atomic E-state index is 9.99. The van der Waals surface area contributed by atoms with E-state index >= 15 is 0 Å². The van der Waals surface area contributed by atoms with Gasteiger partial charge in [-0.25, -0.2) is 0 Å². The second-order valence-corrected chi connectivity index (χ2v) is 4.55. The van der Waals surface area contributed by atoms with Crippen molar-refractivity contribution in [3.63, 3.8) is 0 Å². The van der Waals surface area contributed by atoms with E-state index in [-0.39, 0.29) is 0 Å². The van der Waals surface area contributed by atoms with Crippen molar-refractivity contribution in [3.8, 4) is 5.75 Å². The Balaban J connectivity index is 1.95. The number of aromatic hydroxyl groups is 1. The van der Waals surface area contributed by atoms with Crippen LogP contribution in [0.2, 0.25) is 0 Å². The number of phenolic OH excluding ortho intramolecular Hbond substituents is 1. The first-order chi connectivity index (χ1) is 8.33. The maximum Gasteiger partial charge on any atom is 0.139 e. The van der Waals surface area contributed by atoms with Crippen LogP contribution in [-0.4, -0.2) is 24.2 Å². The summed E-state index contributed by atoms with van der Waals surface area (Å²) < 4.78 is 0. The Labute approximate surface area is 100 Å². The van der Waals surface area contributed by atoms with Gasteiger partial charge in [0.1, 0.15) is 5.75 Å². The van der Waals surface area contributed by atoms with Gasteiger partial charge in [-0.15, -0.1) is 0 Å². The van der Waals surface area contributed by atoms with E-state index in [0.29, 0.717) is 11.8 Å². The van der Waals surface area contributed by atoms with Crippen molar-refractivity contribution in [2.45, 2.75) is 12.5 Å². The van der Waals surface area contributed by atoms with Gasteiger partial charge in [-0.3, -0.25) is 0 Å². The zero-order valence-corrected chi connectivity index (χ0v) is 9.61. The van der Waals surface area contributed by atoms with Gasteiger partial charge in [0, 0.05) is 12.6 Å². The molecule has 0 aliphatic carbocycles. The fraction of sp³-hybridized carbons (Fsp3) is 0.286. The Morgan fingerprint density at radius 2 is 1.94 bits per heavy atom. The molecular formula is C14H16N2O. The van der Waals surface area contributed by atoms with Crippen LogP contribution in [0.3, 0.4) is 0 Å². The monoisotopic (exact) mass is 228 g/mol. The fourth-order valence-corrected chi connectivity index (χ4v) is 2.34. The van der Waals surface area contributed by atoms with Crippen molar-refractivity contribution in [1.82, 2.24) is 5.32 Å². The highest BCUT2D eigenvalue weighted by atomic mass is 16.3. The first-order valence-electron chi connectivity index (χ1n) is 6.02. The molecule has 0 aromatic heterocycles. The highest BCUT2D eigenvalue weighted by Gasteiger charge is 2.15. The van der Waals surface area contributed by atoms with Gasteiger partial charge in [-0.2, -0.15) is 0 Å². The lowest BCUT2D eigenvalue weighted by atomic mass is 10.1. The molecule has 1 heterocycles. The average molecular weight is 228 g/mol. The molecule has 17 heavy (non-hydrogen) atoms. The molecule has 1 fully saturated rings. The molecule has 88 valence electrons. The van der Waals surface area contributed by atoms with E-state index in [2.05, 4.69) is 16.7 Å². The summed E-state index contributed by atoms with van der Waals surface area (Å²) in [4.78, 5) is 0.